The van der Waals surface area contributed by atoms with Gasteiger partial charge < -0.3 is 14.6 Å². The Labute approximate surface area is 313 Å². The van der Waals surface area contributed by atoms with Gasteiger partial charge in [-0.15, -0.1) is 0 Å². The van der Waals surface area contributed by atoms with E-state index in [1.807, 2.05) is 18.5 Å². The monoisotopic (exact) mass is 711 g/mol. The second-order valence-corrected chi connectivity index (χ2v) is 20.1. The van der Waals surface area contributed by atoms with Crippen LogP contribution in [0.5, 0.6) is 0 Å². The molecule has 5 aliphatic carbocycles. The zero-order chi connectivity index (χ0) is 36.8. The van der Waals surface area contributed by atoms with Crippen LogP contribution < -0.4 is 0 Å². The molecule has 0 bridgehead atoms. The molecule has 0 aromatic carbocycles. The van der Waals surface area contributed by atoms with E-state index in [-0.39, 0.29) is 39.8 Å². The van der Waals surface area contributed by atoms with Gasteiger partial charge in [-0.2, -0.15) is 0 Å². The number of amides is 1. The molecule has 7 nitrogen and oxygen atoms in total. The molecule has 11 unspecified atom stereocenters. The van der Waals surface area contributed by atoms with Gasteiger partial charge in [-0.25, -0.2) is 4.98 Å². The van der Waals surface area contributed by atoms with E-state index in [4.69, 9.17) is 9.72 Å². The molecule has 3 heterocycles. The van der Waals surface area contributed by atoms with Gasteiger partial charge >= 0.3 is 5.97 Å². The summed E-state index contributed by atoms with van der Waals surface area (Å²) in [5.74, 6) is 4.63. The quantitative estimate of drug-likeness (QED) is 0.289. The van der Waals surface area contributed by atoms with Gasteiger partial charge in [0.05, 0.1) is 23.3 Å². The number of imidazole rings is 1. The Morgan fingerprint density at radius 2 is 1.67 bits per heavy atom. The van der Waals surface area contributed by atoms with Crippen LogP contribution in [0.15, 0.2) is 30.7 Å². The number of carbonyl (C=O) groups is 2. The number of aromatic nitrogens is 3. The third-order valence-electron chi connectivity index (χ3n) is 17.6. The summed E-state index contributed by atoms with van der Waals surface area (Å²) in [6, 6.07) is 4.04. The molecule has 2 aromatic rings. The maximum atomic E-state index is 15.5. The van der Waals surface area contributed by atoms with Gasteiger partial charge in [0, 0.05) is 36.8 Å². The number of pyridine rings is 1. The molecule has 7 heteroatoms. The van der Waals surface area contributed by atoms with Crippen LogP contribution >= 0.6 is 0 Å². The molecule has 284 valence electrons. The minimum Gasteiger partial charge on any atom is -0.462 e. The molecular formula is C45H66N4O3. The second-order valence-electron chi connectivity index (χ2n) is 20.1. The molecule has 1 amide bonds. The predicted molar refractivity (Wildman–Crippen MR) is 205 cm³/mol. The molecular weight excluding hydrogens is 645 g/mol. The Morgan fingerprint density at radius 3 is 2.37 bits per heavy atom. The minimum atomic E-state index is -0.256. The van der Waals surface area contributed by atoms with Gasteiger partial charge in [-0.3, -0.25) is 14.6 Å². The number of fused-ring (bicyclic) bond motifs is 3. The van der Waals surface area contributed by atoms with E-state index < -0.39 is 0 Å². The normalized spacial score (nSPS) is 42.0. The maximum Gasteiger partial charge on any atom is 0.302 e. The van der Waals surface area contributed by atoms with Crippen molar-refractivity contribution in [3.05, 3.63) is 36.5 Å². The Kier molecular flexibility index (Phi) is 8.85. The van der Waals surface area contributed by atoms with Crippen LogP contribution in [0.4, 0.5) is 0 Å². The summed E-state index contributed by atoms with van der Waals surface area (Å²) >= 11 is 0. The molecule has 1 saturated heterocycles. The van der Waals surface area contributed by atoms with Crippen molar-refractivity contribution in [2.45, 2.75) is 151 Å². The molecule has 52 heavy (non-hydrogen) atoms. The van der Waals surface area contributed by atoms with Gasteiger partial charge in [0.1, 0.15) is 11.9 Å². The summed E-state index contributed by atoms with van der Waals surface area (Å²) in [5.41, 5.74) is 2.50. The van der Waals surface area contributed by atoms with E-state index in [0.717, 1.165) is 75.0 Å². The fourth-order valence-electron chi connectivity index (χ4n) is 14.6. The van der Waals surface area contributed by atoms with Crippen molar-refractivity contribution in [1.29, 1.82) is 0 Å². The third kappa shape index (κ3) is 5.38. The zero-order valence-electron chi connectivity index (χ0n) is 33.5. The van der Waals surface area contributed by atoms with Gasteiger partial charge in [0.2, 0.25) is 5.91 Å². The van der Waals surface area contributed by atoms with Gasteiger partial charge in [-0.05, 0) is 141 Å². The molecule has 2 aromatic heterocycles. The molecule has 0 spiro atoms. The minimum absolute atomic E-state index is 0.0115. The highest BCUT2D eigenvalue weighted by Gasteiger charge is 2.70. The van der Waals surface area contributed by atoms with Gasteiger partial charge in [0.25, 0.3) is 0 Å². The standard InChI is InChI=1S/C45H66N4O3/c1-9-36-41(4,5)37(52-29(3)50)17-18-44(36,8)31-14-15-33-38-32(42(6)20-21-42)16-19-45(38,23-22-43(33,7)28(31)2)40(51)49-25-11-13-35(49)39-47-27-34(48-39)30-12-10-24-46-26-30/h10,12,24,26-28,31-33,35-38H,9,11,13-23,25H2,1-8H3,(H,47,48). The first kappa shape index (κ1) is 36.3. The summed E-state index contributed by atoms with van der Waals surface area (Å²) in [6.45, 7) is 20.0. The molecule has 6 aliphatic rings. The lowest BCUT2D eigenvalue weighted by molar-refractivity contribution is -0.195. The first-order valence-corrected chi connectivity index (χ1v) is 21.1. The lowest BCUT2D eigenvalue weighted by atomic mass is 9.39. The van der Waals surface area contributed by atoms with E-state index in [0.29, 0.717) is 46.8 Å². The summed E-state index contributed by atoms with van der Waals surface area (Å²) < 4.78 is 6.00. The molecule has 1 aliphatic heterocycles. The van der Waals surface area contributed by atoms with Gasteiger partial charge in [0.15, 0.2) is 0 Å². The van der Waals surface area contributed by atoms with E-state index in [2.05, 4.69) is 69.4 Å². The van der Waals surface area contributed by atoms with Crippen LogP contribution in [0.1, 0.15) is 151 Å². The smallest absolute Gasteiger partial charge is 0.302 e. The second kappa shape index (κ2) is 12.7. The molecule has 11 atom stereocenters. The van der Waals surface area contributed by atoms with E-state index in [9.17, 15) is 4.79 Å². The average molecular weight is 711 g/mol. The number of ether oxygens (including phenoxy) is 1. The van der Waals surface area contributed by atoms with E-state index in [1.165, 1.54) is 32.1 Å². The zero-order valence-corrected chi connectivity index (χ0v) is 33.5. The molecule has 1 N–H and O–H groups in total. The Bertz CT molecular complexity index is 1660. The number of aromatic amines is 1. The number of nitrogens with zero attached hydrogens (tertiary/aromatic N) is 3. The number of esters is 1. The number of nitrogens with one attached hydrogen (secondary N) is 1. The Balaban J connectivity index is 1.09. The Hall–Kier alpha value is -2.70. The van der Waals surface area contributed by atoms with Crippen LogP contribution in [0.25, 0.3) is 11.3 Å². The lowest BCUT2D eigenvalue weighted by Crippen LogP contribution is -2.61. The van der Waals surface area contributed by atoms with Crippen LogP contribution in [-0.4, -0.2) is 44.4 Å². The van der Waals surface area contributed by atoms with E-state index in [1.54, 1.807) is 13.1 Å². The summed E-state index contributed by atoms with van der Waals surface area (Å²) in [6.07, 6.45) is 20.4. The number of hydrogen-bond donors (Lipinski definition) is 1. The number of likely N-dealkylation sites (tertiary alicyclic amines) is 1. The van der Waals surface area contributed by atoms with E-state index >= 15 is 4.79 Å². The largest absolute Gasteiger partial charge is 0.462 e. The average Bonchev–Trinajstić information content (AvgIpc) is 3.51. The number of rotatable bonds is 7. The summed E-state index contributed by atoms with van der Waals surface area (Å²) in [5, 5.41) is 0. The topological polar surface area (TPSA) is 88.2 Å². The van der Waals surface area contributed by atoms with Crippen LogP contribution in [0, 0.1) is 62.6 Å². The van der Waals surface area contributed by atoms with Crippen molar-refractivity contribution in [3.8, 4) is 11.3 Å². The molecule has 6 fully saturated rings. The SMILES string of the molecule is CCC1C(C)(C)C(OC(C)=O)CCC1(C)C1CCC2C3C(C4(C)CC4)CCC3(C(=O)N3CCCC3c3ncc(-c4cccnc4)[nH]3)CCC2(C)C1C. The fraction of sp³-hybridized carbons (Fsp3) is 0.778. The van der Waals surface area contributed by atoms with Crippen molar-refractivity contribution in [3.63, 3.8) is 0 Å². The Morgan fingerprint density at radius 1 is 0.904 bits per heavy atom. The molecule has 8 rings (SSSR count). The first-order valence-electron chi connectivity index (χ1n) is 21.1. The number of carbonyl (C=O) groups excluding carboxylic acids is 2. The third-order valence-corrected chi connectivity index (χ3v) is 17.6. The summed E-state index contributed by atoms with van der Waals surface area (Å²) in [7, 11) is 0. The highest BCUT2D eigenvalue weighted by atomic mass is 16.5. The van der Waals surface area contributed by atoms with Crippen LogP contribution in [0.3, 0.4) is 0 Å². The van der Waals surface area contributed by atoms with Crippen molar-refractivity contribution < 1.29 is 14.3 Å². The molecule has 0 radical (unpaired) electrons. The maximum absolute atomic E-state index is 15.5. The van der Waals surface area contributed by atoms with Crippen molar-refractivity contribution in [2.75, 3.05) is 6.54 Å². The van der Waals surface area contributed by atoms with Crippen LogP contribution in [0.2, 0.25) is 0 Å². The van der Waals surface area contributed by atoms with Crippen molar-refractivity contribution >= 4 is 11.9 Å². The van der Waals surface area contributed by atoms with Crippen LogP contribution in [-0.2, 0) is 14.3 Å². The highest BCUT2D eigenvalue weighted by molar-refractivity contribution is 5.84. The first-order chi connectivity index (χ1) is 24.7. The lowest BCUT2D eigenvalue weighted by Gasteiger charge is -2.65. The number of hydrogen-bond acceptors (Lipinski definition) is 5. The van der Waals surface area contributed by atoms with Crippen molar-refractivity contribution in [1.82, 2.24) is 19.9 Å². The van der Waals surface area contributed by atoms with Gasteiger partial charge in [-0.1, -0.05) is 54.9 Å². The predicted octanol–water partition coefficient (Wildman–Crippen LogP) is 10.2. The number of H-pyrrole nitrogens is 1. The summed E-state index contributed by atoms with van der Waals surface area (Å²) in [4.78, 5) is 42.7. The highest BCUT2D eigenvalue weighted by Crippen LogP contribution is 2.74. The molecule has 5 saturated carbocycles. The fourth-order valence-corrected chi connectivity index (χ4v) is 14.6. The van der Waals surface area contributed by atoms with Crippen molar-refractivity contribution in [2.24, 2.45) is 62.6 Å².